The van der Waals surface area contributed by atoms with Crippen LogP contribution < -0.4 is 4.74 Å². The van der Waals surface area contributed by atoms with Gasteiger partial charge in [0.15, 0.2) is 11.6 Å². The van der Waals surface area contributed by atoms with Crippen LogP contribution in [0.1, 0.15) is 5.56 Å². The molecule has 0 amide bonds. The third-order valence-corrected chi connectivity index (χ3v) is 5.02. The average Bonchev–Trinajstić information content (AvgIpc) is 2.71. The highest BCUT2D eigenvalue weighted by Gasteiger charge is 2.31. The molecule has 1 heterocycles. The van der Waals surface area contributed by atoms with E-state index in [0.717, 1.165) is 0 Å². The van der Waals surface area contributed by atoms with E-state index in [9.17, 15) is 17.2 Å². The van der Waals surface area contributed by atoms with Gasteiger partial charge in [0.1, 0.15) is 12.4 Å². The Labute approximate surface area is 120 Å². The van der Waals surface area contributed by atoms with Crippen LogP contribution in [0.2, 0.25) is 0 Å². The quantitative estimate of drug-likeness (QED) is 0.874. The largest absolute Gasteiger partial charge is 0.485 e. The first kappa shape index (κ1) is 13.8. The van der Waals surface area contributed by atoms with Crippen molar-refractivity contribution in [3.8, 4) is 5.75 Å². The van der Waals surface area contributed by atoms with Crippen LogP contribution in [0.15, 0.2) is 52.3 Å². The summed E-state index contributed by atoms with van der Waals surface area (Å²) in [6, 6.07) is 9.53. The van der Waals surface area contributed by atoms with E-state index in [1.807, 2.05) is 0 Å². The fourth-order valence-corrected chi connectivity index (χ4v) is 3.57. The van der Waals surface area contributed by atoms with Crippen molar-refractivity contribution >= 4 is 15.9 Å². The number of hydrogen-bond donors (Lipinski definition) is 0. The van der Waals surface area contributed by atoms with Gasteiger partial charge in [0.25, 0.3) is 0 Å². The summed E-state index contributed by atoms with van der Waals surface area (Å²) in [6.45, 7) is -0.350. The molecular weight excluding hydrogens is 298 g/mol. The second-order valence-corrected chi connectivity index (χ2v) is 6.46. The summed E-state index contributed by atoms with van der Waals surface area (Å²) in [5.41, 5.74) is 0.0182. The van der Waals surface area contributed by atoms with Crippen LogP contribution in [0.25, 0.3) is 6.08 Å². The molecule has 6 heteroatoms. The van der Waals surface area contributed by atoms with Gasteiger partial charge in [0.05, 0.1) is 9.80 Å². The summed E-state index contributed by atoms with van der Waals surface area (Å²) in [7, 11) is -3.78. The van der Waals surface area contributed by atoms with Crippen molar-refractivity contribution in [1.29, 1.82) is 0 Å². The number of fused-ring (bicyclic) bond motifs is 1. The monoisotopic (exact) mass is 308 g/mol. The van der Waals surface area contributed by atoms with Crippen molar-refractivity contribution < 1.29 is 21.9 Å². The normalized spacial score (nSPS) is 15.4. The Bertz CT molecular complexity index is 842. The Morgan fingerprint density at radius 3 is 2.38 bits per heavy atom. The fraction of sp³-hybridized carbons (Fsp3) is 0.0667. The van der Waals surface area contributed by atoms with Crippen LogP contribution in [-0.4, -0.2) is 15.0 Å². The topological polar surface area (TPSA) is 43.4 Å². The first-order valence-electron chi connectivity index (χ1n) is 6.11. The van der Waals surface area contributed by atoms with Crippen molar-refractivity contribution in [2.45, 2.75) is 4.90 Å². The van der Waals surface area contributed by atoms with E-state index in [4.69, 9.17) is 4.74 Å². The molecule has 0 atom stereocenters. The van der Waals surface area contributed by atoms with Crippen LogP contribution in [0, 0.1) is 11.6 Å². The zero-order valence-corrected chi connectivity index (χ0v) is 11.5. The molecule has 2 aromatic carbocycles. The molecule has 108 valence electrons. The molecular formula is C15H10F2O3S. The molecule has 0 radical (unpaired) electrons. The molecule has 3 nitrogen and oxygen atoms in total. The average molecular weight is 308 g/mol. The molecule has 2 aromatic rings. The number of para-hydroxylation sites is 1. The maximum absolute atomic E-state index is 13.6. The minimum atomic E-state index is -3.78. The highest BCUT2D eigenvalue weighted by atomic mass is 32.2. The minimum absolute atomic E-state index is 0.0182. The number of halogens is 2. The lowest BCUT2D eigenvalue weighted by atomic mass is 10.2. The van der Waals surface area contributed by atoms with E-state index in [1.54, 1.807) is 6.07 Å². The van der Waals surface area contributed by atoms with E-state index >= 15 is 0 Å². The molecule has 0 unspecified atom stereocenters. The molecule has 0 spiro atoms. The molecule has 0 N–H and O–H groups in total. The summed E-state index contributed by atoms with van der Waals surface area (Å²) in [6.07, 6.45) is 1.22. The van der Waals surface area contributed by atoms with Crippen molar-refractivity contribution in [2.24, 2.45) is 0 Å². The smallest absolute Gasteiger partial charge is 0.206 e. The highest BCUT2D eigenvalue weighted by Crippen LogP contribution is 2.34. The van der Waals surface area contributed by atoms with Gasteiger partial charge in [-0.05, 0) is 30.3 Å². The molecule has 0 fully saturated rings. The standard InChI is InChI=1S/C15H10F2O3S/c16-12-5-3-7-15-11(12)8-10(21(15,18)19)9-20-14-6-2-1-4-13(14)17/h1-8H,9H2. The van der Waals surface area contributed by atoms with Gasteiger partial charge in [0, 0.05) is 5.56 Å². The van der Waals surface area contributed by atoms with Crippen molar-refractivity contribution in [1.82, 2.24) is 0 Å². The summed E-state index contributed by atoms with van der Waals surface area (Å²) < 4.78 is 56.7. The van der Waals surface area contributed by atoms with E-state index in [0.29, 0.717) is 0 Å². The zero-order chi connectivity index (χ0) is 15.0. The Morgan fingerprint density at radius 2 is 1.67 bits per heavy atom. The van der Waals surface area contributed by atoms with Gasteiger partial charge in [-0.1, -0.05) is 18.2 Å². The third-order valence-electron chi connectivity index (χ3n) is 3.16. The highest BCUT2D eigenvalue weighted by molar-refractivity contribution is 7.95. The number of sulfone groups is 1. The molecule has 21 heavy (non-hydrogen) atoms. The third kappa shape index (κ3) is 2.31. The SMILES string of the molecule is O=S1(=O)C(COc2ccccc2F)=Cc2c(F)cccc21. The Hall–Kier alpha value is -2.21. The Balaban J connectivity index is 1.90. The zero-order valence-electron chi connectivity index (χ0n) is 10.7. The lowest BCUT2D eigenvalue weighted by Gasteiger charge is -2.07. The van der Waals surface area contributed by atoms with Gasteiger partial charge in [0.2, 0.25) is 9.84 Å². The molecule has 1 aliphatic heterocycles. The molecule has 0 aliphatic carbocycles. The first-order valence-corrected chi connectivity index (χ1v) is 7.60. The van der Waals surface area contributed by atoms with Crippen LogP contribution in [-0.2, 0) is 9.84 Å². The van der Waals surface area contributed by atoms with E-state index in [2.05, 4.69) is 0 Å². The molecule has 0 saturated carbocycles. The van der Waals surface area contributed by atoms with Crippen LogP contribution >= 0.6 is 0 Å². The van der Waals surface area contributed by atoms with Crippen LogP contribution in [0.3, 0.4) is 0 Å². The van der Waals surface area contributed by atoms with Gasteiger partial charge < -0.3 is 4.74 Å². The van der Waals surface area contributed by atoms with Crippen LogP contribution in [0.4, 0.5) is 8.78 Å². The molecule has 0 aromatic heterocycles. The van der Waals surface area contributed by atoms with Crippen LogP contribution in [0.5, 0.6) is 5.75 Å². The van der Waals surface area contributed by atoms with Gasteiger partial charge in [-0.2, -0.15) is 0 Å². The second kappa shape index (κ2) is 4.96. The first-order chi connectivity index (χ1) is 10.00. The van der Waals surface area contributed by atoms with Gasteiger partial charge >= 0.3 is 0 Å². The summed E-state index contributed by atoms with van der Waals surface area (Å²) in [5, 5.41) is 0. The number of hydrogen-bond acceptors (Lipinski definition) is 3. The lowest BCUT2D eigenvalue weighted by molar-refractivity contribution is 0.338. The molecule has 0 bridgehead atoms. The number of benzene rings is 2. The summed E-state index contributed by atoms with van der Waals surface area (Å²) >= 11 is 0. The van der Waals surface area contributed by atoms with Gasteiger partial charge in [-0.25, -0.2) is 17.2 Å². The number of ether oxygens (including phenoxy) is 1. The van der Waals surface area contributed by atoms with Gasteiger partial charge in [-0.15, -0.1) is 0 Å². The number of rotatable bonds is 3. The Morgan fingerprint density at radius 1 is 0.952 bits per heavy atom. The van der Waals surface area contributed by atoms with Crippen molar-refractivity contribution in [2.75, 3.05) is 6.61 Å². The summed E-state index contributed by atoms with van der Waals surface area (Å²) in [4.78, 5) is -0.180. The fourth-order valence-electron chi connectivity index (χ4n) is 2.10. The van der Waals surface area contributed by atoms with E-state index < -0.39 is 21.5 Å². The van der Waals surface area contributed by atoms with Crippen molar-refractivity contribution in [3.05, 3.63) is 64.6 Å². The molecule has 3 rings (SSSR count). The minimum Gasteiger partial charge on any atom is -0.485 e. The maximum atomic E-state index is 13.6. The van der Waals surface area contributed by atoms with E-state index in [1.165, 1.54) is 42.5 Å². The van der Waals surface area contributed by atoms with E-state index in [-0.39, 0.29) is 27.7 Å². The summed E-state index contributed by atoms with van der Waals surface area (Å²) in [5.74, 6) is -1.25. The lowest BCUT2D eigenvalue weighted by Crippen LogP contribution is -2.09. The Kier molecular flexibility index (Phi) is 3.25. The molecule has 0 saturated heterocycles. The van der Waals surface area contributed by atoms with Gasteiger partial charge in [-0.3, -0.25) is 0 Å². The van der Waals surface area contributed by atoms with Crippen molar-refractivity contribution in [3.63, 3.8) is 0 Å². The predicted octanol–water partition coefficient (Wildman–Crippen LogP) is 3.17. The second-order valence-electron chi connectivity index (χ2n) is 4.48. The maximum Gasteiger partial charge on any atom is 0.206 e. The predicted molar refractivity (Wildman–Crippen MR) is 73.5 cm³/mol. The molecule has 1 aliphatic rings.